The van der Waals surface area contributed by atoms with Crippen LogP contribution in [-0.2, 0) is 0 Å². The number of hydrogen-bond donors (Lipinski definition) is 1. The first-order valence-corrected chi connectivity index (χ1v) is 6.90. The van der Waals surface area contributed by atoms with Crippen LogP contribution in [0.25, 0.3) is 0 Å². The zero-order chi connectivity index (χ0) is 13.0. The minimum Gasteiger partial charge on any atom is -0.370 e. The summed E-state index contributed by atoms with van der Waals surface area (Å²) in [5.41, 5.74) is 0. The smallest absolute Gasteiger partial charge is 0.130 e. The summed E-state index contributed by atoms with van der Waals surface area (Å²) in [6.45, 7) is 4.77. The van der Waals surface area contributed by atoms with E-state index in [1.807, 2.05) is 44.2 Å². The van der Waals surface area contributed by atoms with E-state index in [4.69, 9.17) is 11.6 Å². The molecular weight excluding hydrogens is 266 g/mol. The summed E-state index contributed by atoms with van der Waals surface area (Å²) in [6.07, 6.45) is 0. The lowest BCUT2D eigenvalue weighted by molar-refractivity contribution is 0.960. The lowest BCUT2D eigenvalue weighted by atomic mass is 10.4. The predicted octanol–water partition coefficient (Wildman–Crippen LogP) is 4.02. The second-order valence-corrected chi connectivity index (χ2v) is 5.17. The van der Waals surface area contributed by atoms with Crippen LogP contribution in [0.2, 0.25) is 5.02 Å². The molecule has 18 heavy (non-hydrogen) atoms. The molecule has 0 fully saturated rings. The van der Waals surface area contributed by atoms with Gasteiger partial charge in [0.05, 0.1) is 5.02 Å². The number of rotatable bonds is 4. The molecular formula is C13H14ClN3S. The van der Waals surface area contributed by atoms with Gasteiger partial charge in [-0.05, 0) is 26.0 Å². The number of nitrogens with zero attached hydrogens (tertiary/aromatic N) is 2. The van der Waals surface area contributed by atoms with Crippen LogP contribution in [0.3, 0.4) is 0 Å². The van der Waals surface area contributed by atoms with Gasteiger partial charge < -0.3 is 5.32 Å². The normalized spacial score (nSPS) is 10.4. The fraction of sp³-hybridized carbons (Fsp3) is 0.231. The van der Waals surface area contributed by atoms with Crippen LogP contribution < -0.4 is 5.32 Å². The van der Waals surface area contributed by atoms with Gasteiger partial charge in [0.25, 0.3) is 0 Å². The predicted molar refractivity (Wildman–Crippen MR) is 76.5 cm³/mol. The standard InChI is InChI=1S/C13H14ClN3S/c1-3-15-12-8-13(17-9(2)16-12)18-11-7-5-4-6-10(11)14/h4-8H,3H2,1-2H3,(H,15,16,17). The van der Waals surface area contributed by atoms with E-state index in [1.54, 1.807) is 11.8 Å². The molecule has 94 valence electrons. The minimum atomic E-state index is 0.740. The van der Waals surface area contributed by atoms with E-state index < -0.39 is 0 Å². The number of anilines is 1. The van der Waals surface area contributed by atoms with E-state index in [-0.39, 0.29) is 0 Å². The number of hydrogen-bond acceptors (Lipinski definition) is 4. The quantitative estimate of drug-likeness (QED) is 0.858. The molecule has 1 aromatic heterocycles. The van der Waals surface area contributed by atoms with Crippen molar-refractivity contribution in [2.24, 2.45) is 0 Å². The van der Waals surface area contributed by atoms with Crippen molar-refractivity contribution in [3.8, 4) is 0 Å². The van der Waals surface area contributed by atoms with Gasteiger partial charge in [-0.25, -0.2) is 9.97 Å². The highest BCUT2D eigenvalue weighted by Crippen LogP contribution is 2.32. The third-order valence-corrected chi connectivity index (χ3v) is 3.66. The van der Waals surface area contributed by atoms with Gasteiger partial charge in [0, 0.05) is 17.5 Å². The van der Waals surface area contributed by atoms with Gasteiger partial charge in [-0.15, -0.1) is 0 Å². The van der Waals surface area contributed by atoms with Crippen molar-refractivity contribution in [1.82, 2.24) is 9.97 Å². The number of halogens is 1. The Balaban J connectivity index is 2.26. The molecule has 0 aliphatic heterocycles. The molecule has 0 bridgehead atoms. The van der Waals surface area contributed by atoms with Crippen LogP contribution in [0.4, 0.5) is 5.82 Å². The summed E-state index contributed by atoms with van der Waals surface area (Å²) in [6, 6.07) is 9.68. The third kappa shape index (κ3) is 3.37. The molecule has 0 saturated carbocycles. The number of aromatic nitrogens is 2. The first kappa shape index (κ1) is 13.2. The summed E-state index contributed by atoms with van der Waals surface area (Å²) < 4.78 is 0. The van der Waals surface area contributed by atoms with Gasteiger partial charge in [0.15, 0.2) is 0 Å². The molecule has 0 saturated heterocycles. The van der Waals surface area contributed by atoms with Crippen LogP contribution >= 0.6 is 23.4 Å². The lowest BCUT2D eigenvalue weighted by Gasteiger charge is -2.07. The monoisotopic (exact) mass is 279 g/mol. The Hall–Kier alpha value is -1.26. The second kappa shape index (κ2) is 6.07. The van der Waals surface area contributed by atoms with E-state index in [0.29, 0.717) is 0 Å². The Bertz CT molecular complexity index is 546. The SMILES string of the molecule is CCNc1cc(Sc2ccccc2Cl)nc(C)n1. The van der Waals surface area contributed by atoms with Gasteiger partial charge in [-0.1, -0.05) is 35.5 Å². The Morgan fingerprint density at radius 1 is 1.28 bits per heavy atom. The zero-order valence-electron chi connectivity index (χ0n) is 10.3. The Kier molecular flexibility index (Phi) is 4.44. The first-order chi connectivity index (χ1) is 8.69. The highest BCUT2D eigenvalue weighted by molar-refractivity contribution is 7.99. The second-order valence-electron chi connectivity index (χ2n) is 3.70. The van der Waals surface area contributed by atoms with Crippen molar-refractivity contribution < 1.29 is 0 Å². The summed E-state index contributed by atoms with van der Waals surface area (Å²) in [5, 5.41) is 4.83. The summed E-state index contributed by atoms with van der Waals surface area (Å²) in [5.74, 6) is 1.60. The van der Waals surface area contributed by atoms with Crippen molar-refractivity contribution >= 4 is 29.2 Å². The van der Waals surface area contributed by atoms with Gasteiger partial charge >= 0.3 is 0 Å². The fourth-order valence-electron chi connectivity index (χ4n) is 1.50. The maximum absolute atomic E-state index is 6.14. The minimum absolute atomic E-state index is 0.740. The largest absolute Gasteiger partial charge is 0.370 e. The Labute approximate surface area is 116 Å². The lowest BCUT2D eigenvalue weighted by Crippen LogP contribution is -2.02. The number of benzene rings is 1. The molecule has 3 nitrogen and oxygen atoms in total. The van der Waals surface area contributed by atoms with Crippen LogP contribution in [0.5, 0.6) is 0 Å². The molecule has 2 aromatic rings. The topological polar surface area (TPSA) is 37.8 Å². The van der Waals surface area contributed by atoms with Gasteiger partial charge in [0.1, 0.15) is 16.7 Å². The molecule has 1 N–H and O–H groups in total. The molecule has 0 aliphatic carbocycles. The van der Waals surface area contributed by atoms with Crippen LogP contribution in [-0.4, -0.2) is 16.5 Å². The average Bonchev–Trinajstić information content (AvgIpc) is 2.32. The average molecular weight is 280 g/mol. The fourth-order valence-corrected chi connectivity index (χ4v) is 2.64. The highest BCUT2D eigenvalue weighted by Gasteiger charge is 2.06. The van der Waals surface area contributed by atoms with Crippen LogP contribution in [0.1, 0.15) is 12.7 Å². The molecule has 0 spiro atoms. The molecule has 0 aliphatic rings. The van der Waals surface area contributed by atoms with Gasteiger partial charge in [-0.2, -0.15) is 0 Å². The molecule has 2 rings (SSSR count). The Morgan fingerprint density at radius 2 is 2.06 bits per heavy atom. The molecule has 0 amide bonds. The van der Waals surface area contributed by atoms with E-state index >= 15 is 0 Å². The number of aryl methyl sites for hydroxylation is 1. The molecule has 1 aromatic carbocycles. The van der Waals surface area contributed by atoms with E-state index in [1.165, 1.54) is 0 Å². The van der Waals surface area contributed by atoms with Crippen molar-refractivity contribution in [2.45, 2.75) is 23.8 Å². The maximum atomic E-state index is 6.14. The van der Waals surface area contributed by atoms with Crippen molar-refractivity contribution in [2.75, 3.05) is 11.9 Å². The summed E-state index contributed by atoms with van der Waals surface area (Å²) in [4.78, 5) is 9.72. The summed E-state index contributed by atoms with van der Waals surface area (Å²) >= 11 is 7.68. The maximum Gasteiger partial charge on any atom is 0.130 e. The third-order valence-electron chi connectivity index (χ3n) is 2.22. The molecule has 0 atom stereocenters. The van der Waals surface area contributed by atoms with Gasteiger partial charge in [0.2, 0.25) is 0 Å². The zero-order valence-corrected chi connectivity index (χ0v) is 11.8. The molecule has 1 heterocycles. The first-order valence-electron chi connectivity index (χ1n) is 5.71. The van der Waals surface area contributed by atoms with Gasteiger partial charge in [-0.3, -0.25) is 0 Å². The summed E-state index contributed by atoms with van der Waals surface area (Å²) in [7, 11) is 0. The van der Waals surface area contributed by atoms with E-state index in [9.17, 15) is 0 Å². The van der Waals surface area contributed by atoms with Crippen LogP contribution in [0, 0.1) is 6.92 Å². The van der Waals surface area contributed by atoms with E-state index in [2.05, 4.69) is 15.3 Å². The van der Waals surface area contributed by atoms with Crippen LogP contribution in [0.15, 0.2) is 40.3 Å². The Morgan fingerprint density at radius 3 is 2.78 bits per heavy atom. The number of nitrogens with one attached hydrogen (secondary N) is 1. The van der Waals surface area contributed by atoms with Crippen molar-refractivity contribution in [1.29, 1.82) is 0 Å². The molecule has 5 heteroatoms. The van der Waals surface area contributed by atoms with Crippen molar-refractivity contribution in [3.05, 3.63) is 41.2 Å². The highest BCUT2D eigenvalue weighted by atomic mass is 35.5. The molecule has 0 radical (unpaired) electrons. The molecule has 0 unspecified atom stereocenters. The van der Waals surface area contributed by atoms with Crippen molar-refractivity contribution in [3.63, 3.8) is 0 Å². The van der Waals surface area contributed by atoms with E-state index in [0.717, 1.165) is 33.1 Å².